The van der Waals surface area contributed by atoms with E-state index in [4.69, 9.17) is 9.47 Å². The van der Waals surface area contributed by atoms with Gasteiger partial charge in [-0.15, -0.1) is 0 Å². The van der Waals surface area contributed by atoms with Crippen molar-refractivity contribution in [2.24, 2.45) is 0 Å². The van der Waals surface area contributed by atoms with Crippen molar-refractivity contribution in [3.8, 4) is 23.0 Å². The smallest absolute Gasteiger partial charge is 0.127 e. The maximum atomic E-state index is 5.84. The molecule has 0 N–H and O–H groups in total. The summed E-state index contributed by atoms with van der Waals surface area (Å²) in [5.41, 5.74) is 2.59. The summed E-state index contributed by atoms with van der Waals surface area (Å²) in [6, 6.07) is 36.3. The van der Waals surface area contributed by atoms with Gasteiger partial charge < -0.3 is 9.47 Å². The molecule has 0 aliphatic rings. The molecule has 28 heavy (non-hydrogen) atoms. The minimum Gasteiger partial charge on any atom is -0.457 e. The van der Waals surface area contributed by atoms with Crippen molar-refractivity contribution in [3.05, 3.63) is 120 Å². The predicted octanol–water partition coefficient (Wildman–Crippen LogP) is 7.06. The minimum atomic E-state index is 0.855. The zero-order chi connectivity index (χ0) is 19.0. The van der Waals surface area contributed by atoms with Gasteiger partial charge in [-0.3, -0.25) is 0 Å². The minimum absolute atomic E-state index is 0.855. The Morgan fingerprint density at radius 2 is 0.679 bits per heavy atom. The number of para-hydroxylation sites is 2. The maximum absolute atomic E-state index is 5.84. The Labute approximate surface area is 166 Å². The molecule has 0 atom stereocenters. The molecule has 4 aromatic rings. The molecule has 0 aromatic heterocycles. The standard InChI is InChI=1S/C26H22O2/c1-3-7-23(8-4-1)27-25-17-13-21(14-18-25)11-12-22-15-19-26(20-16-22)28-24-9-5-2-6-10-24/h1-10,13-20H,11-12H2. The Bertz CT molecular complexity index is 891. The summed E-state index contributed by atoms with van der Waals surface area (Å²) in [7, 11) is 0. The van der Waals surface area contributed by atoms with Crippen LogP contribution in [0.2, 0.25) is 0 Å². The van der Waals surface area contributed by atoms with Gasteiger partial charge in [0.15, 0.2) is 0 Å². The third-order valence-corrected chi connectivity index (χ3v) is 4.51. The molecule has 0 saturated heterocycles. The van der Waals surface area contributed by atoms with Crippen molar-refractivity contribution in [3.63, 3.8) is 0 Å². The third kappa shape index (κ3) is 5.01. The van der Waals surface area contributed by atoms with Crippen LogP contribution in [0.25, 0.3) is 0 Å². The lowest BCUT2D eigenvalue weighted by atomic mass is 10.0. The van der Waals surface area contributed by atoms with Crippen LogP contribution in [-0.2, 0) is 12.8 Å². The van der Waals surface area contributed by atoms with Crippen molar-refractivity contribution >= 4 is 0 Å². The van der Waals surface area contributed by atoms with Gasteiger partial charge in [-0.25, -0.2) is 0 Å². The van der Waals surface area contributed by atoms with Crippen LogP contribution in [0, 0.1) is 0 Å². The summed E-state index contributed by atoms with van der Waals surface area (Å²) in [5, 5.41) is 0. The van der Waals surface area contributed by atoms with Gasteiger partial charge in [0.2, 0.25) is 0 Å². The third-order valence-electron chi connectivity index (χ3n) is 4.51. The Morgan fingerprint density at radius 3 is 1.04 bits per heavy atom. The zero-order valence-electron chi connectivity index (χ0n) is 15.6. The van der Waals surface area contributed by atoms with Gasteiger partial charge in [-0.1, -0.05) is 60.7 Å². The molecule has 4 aromatic carbocycles. The molecule has 0 amide bonds. The zero-order valence-corrected chi connectivity index (χ0v) is 15.6. The Hall–Kier alpha value is -3.52. The van der Waals surface area contributed by atoms with Crippen LogP contribution in [-0.4, -0.2) is 0 Å². The second-order valence-corrected chi connectivity index (χ2v) is 6.62. The first kappa shape index (κ1) is 17.9. The van der Waals surface area contributed by atoms with Gasteiger partial charge >= 0.3 is 0 Å². The highest BCUT2D eigenvalue weighted by molar-refractivity contribution is 5.35. The van der Waals surface area contributed by atoms with Crippen molar-refractivity contribution < 1.29 is 9.47 Å². The molecular formula is C26H22O2. The second-order valence-electron chi connectivity index (χ2n) is 6.62. The van der Waals surface area contributed by atoms with Crippen LogP contribution < -0.4 is 9.47 Å². The molecule has 2 nitrogen and oxygen atoms in total. The topological polar surface area (TPSA) is 18.5 Å². The SMILES string of the molecule is c1ccc(Oc2ccc(CCc3ccc(Oc4ccccc4)cc3)cc2)cc1. The molecule has 0 spiro atoms. The normalized spacial score (nSPS) is 10.4. The van der Waals surface area contributed by atoms with Gasteiger partial charge in [-0.05, 0) is 72.5 Å². The van der Waals surface area contributed by atoms with Crippen molar-refractivity contribution in [2.45, 2.75) is 12.8 Å². The summed E-state index contributed by atoms with van der Waals surface area (Å²) in [6.45, 7) is 0. The number of aryl methyl sites for hydroxylation is 2. The van der Waals surface area contributed by atoms with Crippen LogP contribution in [0.3, 0.4) is 0 Å². The Kier molecular flexibility index (Phi) is 5.69. The van der Waals surface area contributed by atoms with Crippen LogP contribution in [0.4, 0.5) is 0 Å². The largest absolute Gasteiger partial charge is 0.457 e. The van der Waals surface area contributed by atoms with Gasteiger partial charge in [0.25, 0.3) is 0 Å². The molecule has 0 bridgehead atoms. The highest BCUT2D eigenvalue weighted by Gasteiger charge is 2.01. The lowest BCUT2D eigenvalue weighted by Gasteiger charge is -2.08. The number of rotatable bonds is 7. The fraction of sp³-hybridized carbons (Fsp3) is 0.0769. The average Bonchev–Trinajstić information content (AvgIpc) is 2.76. The van der Waals surface area contributed by atoms with Crippen LogP contribution in [0.15, 0.2) is 109 Å². The molecule has 0 heterocycles. The monoisotopic (exact) mass is 366 g/mol. The first-order chi connectivity index (χ1) is 13.8. The summed E-state index contributed by atoms with van der Waals surface area (Å²) in [4.78, 5) is 0. The maximum Gasteiger partial charge on any atom is 0.127 e. The van der Waals surface area contributed by atoms with E-state index in [0.29, 0.717) is 0 Å². The van der Waals surface area contributed by atoms with Gasteiger partial charge in [-0.2, -0.15) is 0 Å². The molecule has 0 aliphatic heterocycles. The van der Waals surface area contributed by atoms with Gasteiger partial charge in [0.05, 0.1) is 0 Å². The highest BCUT2D eigenvalue weighted by Crippen LogP contribution is 2.23. The van der Waals surface area contributed by atoms with E-state index in [1.54, 1.807) is 0 Å². The van der Waals surface area contributed by atoms with E-state index in [-0.39, 0.29) is 0 Å². The number of hydrogen-bond acceptors (Lipinski definition) is 2. The Morgan fingerprint density at radius 1 is 0.357 bits per heavy atom. The van der Waals surface area contributed by atoms with E-state index in [0.717, 1.165) is 35.8 Å². The van der Waals surface area contributed by atoms with E-state index in [1.807, 2.05) is 84.9 Å². The van der Waals surface area contributed by atoms with Crippen LogP contribution >= 0.6 is 0 Å². The van der Waals surface area contributed by atoms with Crippen LogP contribution in [0.1, 0.15) is 11.1 Å². The van der Waals surface area contributed by atoms with Crippen molar-refractivity contribution in [1.29, 1.82) is 0 Å². The summed E-state index contributed by atoms with van der Waals surface area (Å²) < 4.78 is 11.7. The lowest BCUT2D eigenvalue weighted by molar-refractivity contribution is 0.482. The number of ether oxygens (including phenoxy) is 2. The molecule has 0 aliphatic carbocycles. The van der Waals surface area contributed by atoms with E-state index in [9.17, 15) is 0 Å². The van der Waals surface area contributed by atoms with Gasteiger partial charge in [0, 0.05) is 0 Å². The van der Waals surface area contributed by atoms with Gasteiger partial charge in [0.1, 0.15) is 23.0 Å². The van der Waals surface area contributed by atoms with E-state index in [2.05, 4.69) is 24.3 Å². The molecule has 4 rings (SSSR count). The predicted molar refractivity (Wildman–Crippen MR) is 113 cm³/mol. The van der Waals surface area contributed by atoms with Crippen molar-refractivity contribution in [2.75, 3.05) is 0 Å². The molecule has 0 radical (unpaired) electrons. The molecule has 0 unspecified atom stereocenters. The lowest BCUT2D eigenvalue weighted by Crippen LogP contribution is -1.92. The summed E-state index contributed by atoms with van der Waals surface area (Å²) in [6.07, 6.45) is 1.98. The summed E-state index contributed by atoms with van der Waals surface area (Å²) in [5.74, 6) is 3.43. The first-order valence-electron chi connectivity index (χ1n) is 9.49. The second kappa shape index (κ2) is 8.92. The van der Waals surface area contributed by atoms with Crippen molar-refractivity contribution in [1.82, 2.24) is 0 Å². The average molecular weight is 366 g/mol. The molecule has 2 heteroatoms. The fourth-order valence-corrected chi connectivity index (χ4v) is 2.99. The molecule has 138 valence electrons. The number of benzene rings is 4. The molecule has 0 fully saturated rings. The fourth-order valence-electron chi connectivity index (χ4n) is 2.99. The van der Waals surface area contributed by atoms with E-state index >= 15 is 0 Å². The summed E-state index contributed by atoms with van der Waals surface area (Å²) >= 11 is 0. The highest BCUT2D eigenvalue weighted by atomic mass is 16.5. The van der Waals surface area contributed by atoms with Crippen LogP contribution in [0.5, 0.6) is 23.0 Å². The number of hydrogen-bond donors (Lipinski definition) is 0. The molecule has 0 saturated carbocycles. The quantitative estimate of drug-likeness (QED) is 0.349. The van der Waals surface area contributed by atoms with E-state index < -0.39 is 0 Å². The van der Waals surface area contributed by atoms with E-state index in [1.165, 1.54) is 11.1 Å². The first-order valence-corrected chi connectivity index (χ1v) is 9.49. The molecular weight excluding hydrogens is 344 g/mol. The Balaban J connectivity index is 1.30.